The van der Waals surface area contributed by atoms with Gasteiger partial charge in [-0.1, -0.05) is 20.8 Å². The SMILES string of the molecule is CCCN(NCCC(C)C)C(=O)OCC. The van der Waals surface area contributed by atoms with Gasteiger partial charge in [0.05, 0.1) is 6.61 Å². The summed E-state index contributed by atoms with van der Waals surface area (Å²) in [5, 5.41) is 1.56. The van der Waals surface area contributed by atoms with Gasteiger partial charge in [-0.15, -0.1) is 0 Å². The molecular formula is C11H24N2O2. The Morgan fingerprint density at radius 1 is 1.40 bits per heavy atom. The summed E-state index contributed by atoms with van der Waals surface area (Å²) in [6.07, 6.45) is 1.70. The molecule has 0 aromatic rings. The van der Waals surface area contributed by atoms with E-state index < -0.39 is 0 Å². The average molecular weight is 216 g/mol. The van der Waals surface area contributed by atoms with Gasteiger partial charge in [-0.3, -0.25) is 0 Å². The van der Waals surface area contributed by atoms with Crippen molar-refractivity contribution in [2.45, 2.75) is 40.5 Å². The minimum absolute atomic E-state index is 0.275. The lowest BCUT2D eigenvalue weighted by molar-refractivity contribution is 0.0856. The molecule has 0 rings (SSSR count). The lowest BCUT2D eigenvalue weighted by Gasteiger charge is -2.22. The Morgan fingerprint density at radius 3 is 2.53 bits per heavy atom. The number of carbonyl (C=O) groups excluding carboxylic acids is 1. The van der Waals surface area contributed by atoms with E-state index in [1.807, 2.05) is 13.8 Å². The molecule has 0 aliphatic rings. The highest BCUT2D eigenvalue weighted by Crippen LogP contribution is 1.98. The third kappa shape index (κ3) is 7.19. The third-order valence-corrected chi connectivity index (χ3v) is 1.96. The molecule has 0 aromatic carbocycles. The van der Waals surface area contributed by atoms with E-state index >= 15 is 0 Å². The summed E-state index contributed by atoms with van der Waals surface area (Å²) in [7, 11) is 0. The van der Waals surface area contributed by atoms with E-state index in [0.29, 0.717) is 19.1 Å². The van der Waals surface area contributed by atoms with Gasteiger partial charge in [-0.2, -0.15) is 0 Å². The molecule has 0 heterocycles. The summed E-state index contributed by atoms with van der Waals surface area (Å²) in [6.45, 7) is 10.1. The fraction of sp³-hybridized carbons (Fsp3) is 0.909. The number of hydrazine groups is 1. The van der Waals surface area contributed by atoms with E-state index in [1.165, 1.54) is 0 Å². The number of amides is 1. The van der Waals surface area contributed by atoms with E-state index in [4.69, 9.17) is 4.74 Å². The molecule has 4 heteroatoms. The van der Waals surface area contributed by atoms with Gasteiger partial charge in [0.25, 0.3) is 0 Å². The number of nitrogens with one attached hydrogen (secondary N) is 1. The number of ether oxygens (including phenoxy) is 1. The molecule has 0 spiro atoms. The smallest absolute Gasteiger partial charge is 0.424 e. The van der Waals surface area contributed by atoms with Crippen molar-refractivity contribution in [2.24, 2.45) is 5.92 Å². The van der Waals surface area contributed by atoms with Gasteiger partial charge in [-0.05, 0) is 25.7 Å². The highest BCUT2D eigenvalue weighted by molar-refractivity contribution is 5.66. The van der Waals surface area contributed by atoms with Crippen LogP contribution in [-0.4, -0.2) is 30.8 Å². The van der Waals surface area contributed by atoms with Crippen LogP contribution in [-0.2, 0) is 4.74 Å². The standard InChI is InChI=1S/C11H24N2O2/c1-5-9-13(11(14)15-6-2)12-8-7-10(3)4/h10,12H,5-9H2,1-4H3. The van der Waals surface area contributed by atoms with Gasteiger partial charge < -0.3 is 4.74 Å². The summed E-state index contributed by atoms with van der Waals surface area (Å²) in [5.74, 6) is 0.642. The van der Waals surface area contributed by atoms with Crippen LogP contribution in [0.3, 0.4) is 0 Å². The van der Waals surface area contributed by atoms with Crippen LogP contribution in [0.2, 0.25) is 0 Å². The predicted octanol–water partition coefficient (Wildman–Crippen LogP) is 2.41. The normalized spacial score (nSPS) is 10.5. The van der Waals surface area contributed by atoms with Crippen LogP contribution in [0.4, 0.5) is 4.79 Å². The van der Waals surface area contributed by atoms with Gasteiger partial charge in [0.1, 0.15) is 0 Å². The maximum atomic E-state index is 11.5. The van der Waals surface area contributed by atoms with Crippen molar-refractivity contribution >= 4 is 6.09 Å². The van der Waals surface area contributed by atoms with Crippen LogP contribution in [0.1, 0.15) is 40.5 Å². The van der Waals surface area contributed by atoms with E-state index in [-0.39, 0.29) is 6.09 Å². The fourth-order valence-electron chi connectivity index (χ4n) is 1.15. The lowest BCUT2D eigenvalue weighted by Crippen LogP contribution is -2.44. The van der Waals surface area contributed by atoms with Crippen molar-refractivity contribution in [3.8, 4) is 0 Å². The first-order valence-electron chi connectivity index (χ1n) is 5.79. The highest BCUT2D eigenvalue weighted by Gasteiger charge is 2.12. The molecule has 0 saturated carbocycles. The van der Waals surface area contributed by atoms with Gasteiger partial charge in [0, 0.05) is 13.1 Å². The van der Waals surface area contributed by atoms with Gasteiger partial charge in [0.2, 0.25) is 0 Å². The molecule has 0 unspecified atom stereocenters. The Kier molecular flexibility index (Phi) is 8.09. The number of hydrogen-bond acceptors (Lipinski definition) is 3. The molecule has 0 fully saturated rings. The van der Waals surface area contributed by atoms with Crippen molar-refractivity contribution < 1.29 is 9.53 Å². The molecule has 0 saturated heterocycles. The molecule has 0 atom stereocenters. The zero-order valence-corrected chi connectivity index (χ0v) is 10.4. The molecule has 1 N–H and O–H groups in total. The maximum Gasteiger partial charge on any atom is 0.424 e. The number of nitrogens with zero attached hydrogens (tertiary/aromatic N) is 1. The van der Waals surface area contributed by atoms with Crippen LogP contribution in [0, 0.1) is 5.92 Å². The van der Waals surface area contributed by atoms with Crippen molar-refractivity contribution in [1.82, 2.24) is 10.4 Å². The van der Waals surface area contributed by atoms with Crippen molar-refractivity contribution in [2.75, 3.05) is 19.7 Å². The Bertz CT molecular complexity index is 172. The van der Waals surface area contributed by atoms with Crippen LogP contribution in [0.5, 0.6) is 0 Å². The second kappa shape index (κ2) is 8.53. The van der Waals surface area contributed by atoms with Crippen LogP contribution in [0.15, 0.2) is 0 Å². The lowest BCUT2D eigenvalue weighted by atomic mass is 10.1. The molecule has 15 heavy (non-hydrogen) atoms. The average Bonchev–Trinajstić information content (AvgIpc) is 2.16. The van der Waals surface area contributed by atoms with E-state index in [1.54, 1.807) is 5.01 Å². The van der Waals surface area contributed by atoms with Crippen molar-refractivity contribution in [3.63, 3.8) is 0 Å². The quantitative estimate of drug-likeness (QED) is 0.664. The maximum absolute atomic E-state index is 11.5. The molecule has 0 radical (unpaired) electrons. The van der Waals surface area contributed by atoms with Crippen molar-refractivity contribution in [3.05, 3.63) is 0 Å². The minimum Gasteiger partial charge on any atom is -0.449 e. The van der Waals surface area contributed by atoms with Gasteiger partial charge >= 0.3 is 6.09 Å². The summed E-state index contributed by atoms with van der Waals surface area (Å²) >= 11 is 0. The summed E-state index contributed by atoms with van der Waals surface area (Å²) < 4.78 is 4.94. The monoisotopic (exact) mass is 216 g/mol. The molecule has 90 valence electrons. The molecule has 0 bridgehead atoms. The molecule has 1 amide bonds. The molecule has 0 aromatic heterocycles. The Labute approximate surface area is 92.9 Å². The largest absolute Gasteiger partial charge is 0.449 e. The first-order chi connectivity index (χ1) is 7.11. The zero-order chi connectivity index (χ0) is 11.7. The van der Waals surface area contributed by atoms with E-state index in [9.17, 15) is 4.79 Å². The van der Waals surface area contributed by atoms with Crippen LogP contribution < -0.4 is 5.43 Å². The number of rotatable bonds is 7. The zero-order valence-electron chi connectivity index (χ0n) is 10.4. The number of hydrogen-bond donors (Lipinski definition) is 1. The minimum atomic E-state index is -0.275. The fourth-order valence-corrected chi connectivity index (χ4v) is 1.15. The van der Waals surface area contributed by atoms with Crippen LogP contribution >= 0.6 is 0 Å². The molecular weight excluding hydrogens is 192 g/mol. The Morgan fingerprint density at radius 2 is 2.07 bits per heavy atom. The second-order valence-electron chi connectivity index (χ2n) is 3.94. The predicted molar refractivity (Wildman–Crippen MR) is 61.5 cm³/mol. The third-order valence-electron chi connectivity index (χ3n) is 1.96. The summed E-state index contributed by atoms with van der Waals surface area (Å²) in [5.41, 5.74) is 3.10. The topological polar surface area (TPSA) is 41.6 Å². The van der Waals surface area contributed by atoms with Gasteiger partial charge in [0.15, 0.2) is 0 Å². The first kappa shape index (κ1) is 14.2. The Balaban J connectivity index is 3.87. The molecule has 0 aliphatic carbocycles. The van der Waals surface area contributed by atoms with Crippen LogP contribution in [0.25, 0.3) is 0 Å². The van der Waals surface area contributed by atoms with E-state index in [0.717, 1.165) is 19.4 Å². The van der Waals surface area contributed by atoms with Gasteiger partial charge in [-0.25, -0.2) is 15.2 Å². The molecule has 4 nitrogen and oxygen atoms in total. The first-order valence-corrected chi connectivity index (χ1v) is 5.79. The van der Waals surface area contributed by atoms with E-state index in [2.05, 4.69) is 19.3 Å². The summed E-state index contributed by atoms with van der Waals surface area (Å²) in [4.78, 5) is 11.5. The number of carbonyl (C=O) groups is 1. The highest BCUT2D eigenvalue weighted by atomic mass is 16.6. The summed E-state index contributed by atoms with van der Waals surface area (Å²) in [6, 6.07) is 0. The second-order valence-corrected chi connectivity index (χ2v) is 3.94. The molecule has 0 aliphatic heterocycles. The van der Waals surface area contributed by atoms with Crippen molar-refractivity contribution in [1.29, 1.82) is 0 Å². The Hall–Kier alpha value is -0.770.